The zero-order valence-electron chi connectivity index (χ0n) is 20.9. The number of piperidine rings is 1. The Kier molecular flexibility index (Phi) is 8.47. The molecule has 3 aromatic rings. The summed E-state index contributed by atoms with van der Waals surface area (Å²) in [6.07, 6.45) is 7.85. The first-order valence-electron chi connectivity index (χ1n) is 12.3. The van der Waals surface area contributed by atoms with Crippen molar-refractivity contribution < 1.29 is 23.2 Å². The van der Waals surface area contributed by atoms with Crippen LogP contribution in [0.15, 0.2) is 34.2 Å². The number of hydrogen-bond donors (Lipinski definition) is 2. The van der Waals surface area contributed by atoms with Crippen molar-refractivity contribution in [1.82, 2.24) is 20.1 Å². The lowest BCUT2D eigenvalue weighted by molar-refractivity contribution is 0.277. The summed E-state index contributed by atoms with van der Waals surface area (Å²) in [4.78, 5) is 15.6. The highest BCUT2D eigenvalue weighted by molar-refractivity contribution is 5.97. The lowest BCUT2D eigenvalue weighted by atomic mass is 9.92. The van der Waals surface area contributed by atoms with E-state index in [2.05, 4.69) is 44.0 Å². The van der Waals surface area contributed by atoms with Crippen LogP contribution in [0.4, 0.5) is 14.7 Å². The Morgan fingerprint density at radius 2 is 1.89 bits per heavy atom. The molecular weight excluding hydrogens is 484 g/mol. The van der Waals surface area contributed by atoms with Gasteiger partial charge in [0.25, 0.3) is 0 Å². The molecule has 4 rings (SSSR count). The molecule has 37 heavy (non-hydrogen) atoms. The van der Waals surface area contributed by atoms with Crippen molar-refractivity contribution in [2.24, 2.45) is 22.7 Å². The van der Waals surface area contributed by atoms with Crippen molar-refractivity contribution >= 4 is 11.8 Å². The van der Waals surface area contributed by atoms with Crippen molar-refractivity contribution in [3.05, 3.63) is 47.6 Å². The molecule has 0 spiro atoms. The molecule has 0 saturated carbocycles. The van der Waals surface area contributed by atoms with Crippen LogP contribution in [0.2, 0.25) is 0 Å². The molecule has 0 atom stereocenters. The molecule has 12 heteroatoms. The molecule has 198 valence electrons. The zero-order chi connectivity index (χ0) is 26.4. The molecule has 1 aliphatic rings. The molecule has 3 heterocycles. The summed E-state index contributed by atoms with van der Waals surface area (Å²) in [5, 5.41) is 15.3. The topological polar surface area (TPSA) is 136 Å². The van der Waals surface area contributed by atoms with Crippen LogP contribution in [0, 0.1) is 23.5 Å². The number of halogens is 2. The molecule has 10 nitrogen and oxygen atoms in total. The van der Waals surface area contributed by atoms with E-state index in [1.54, 1.807) is 12.4 Å². The van der Waals surface area contributed by atoms with Crippen molar-refractivity contribution in [2.45, 2.75) is 46.0 Å². The van der Waals surface area contributed by atoms with E-state index in [0.29, 0.717) is 36.1 Å². The van der Waals surface area contributed by atoms with Crippen molar-refractivity contribution in [3.8, 4) is 17.1 Å². The maximum Gasteiger partial charge on any atom is 0.227 e. The van der Waals surface area contributed by atoms with Gasteiger partial charge in [0.15, 0.2) is 5.84 Å². The lowest BCUT2D eigenvalue weighted by Crippen LogP contribution is -2.34. The number of ether oxygens (including phenoxy) is 1. The molecule has 0 aliphatic carbocycles. The minimum Gasteiger partial charge on any atom is -0.493 e. The fourth-order valence-corrected chi connectivity index (χ4v) is 4.32. The van der Waals surface area contributed by atoms with Crippen LogP contribution in [-0.4, -0.2) is 50.8 Å². The van der Waals surface area contributed by atoms with Gasteiger partial charge in [-0.1, -0.05) is 24.2 Å². The molecule has 2 aromatic heterocycles. The zero-order valence-corrected chi connectivity index (χ0v) is 20.9. The van der Waals surface area contributed by atoms with Crippen LogP contribution < -0.4 is 15.4 Å². The summed E-state index contributed by atoms with van der Waals surface area (Å²) < 4.78 is 38.9. The minimum absolute atomic E-state index is 0.0665. The second kappa shape index (κ2) is 11.9. The Bertz CT molecular complexity index is 1190. The first-order chi connectivity index (χ1) is 17.8. The summed E-state index contributed by atoms with van der Waals surface area (Å²) >= 11 is 0. The predicted molar refractivity (Wildman–Crippen MR) is 132 cm³/mol. The summed E-state index contributed by atoms with van der Waals surface area (Å²) in [6, 6.07) is 2.06. The van der Waals surface area contributed by atoms with E-state index in [1.807, 2.05) is 0 Å². The predicted octanol–water partition coefficient (Wildman–Crippen LogP) is 4.17. The average Bonchev–Trinajstić information content (AvgIpc) is 3.34. The number of aromatic nitrogens is 4. The molecule has 0 radical (unpaired) electrons. The fourth-order valence-electron chi connectivity index (χ4n) is 4.32. The van der Waals surface area contributed by atoms with Crippen LogP contribution in [0.25, 0.3) is 11.4 Å². The SMILES string of the molecule is CC(C)Cc1nc(-c2cnc(N3CCC(CCCOc4cc(F)c(C(N)=NO)c(F)c4)CC3)nc2)no1. The highest BCUT2D eigenvalue weighted by atomic mass is 19.1. The number of nitrogens with zero attached hydrogens (tertiary/aromatic N) is 6. The number of amidine groups is 1. The maximum atomic E-state index is 14.1. The van der Waals surface area contributed by atoms with E-state index in [9.17, 15) is 8.78 Å². The molecule has 1 fully saturated rings. The fraction of sp³-hybridized carbons (Fsp3) is 0.480. The number of rotatable bonds is 10. The monoisotopic (exact) mass is 515 g/mol. The van der Waals surface area contributed by atoms with E-state index in [4.69, 9.17) is 20.2 Å². The summed E-state index contributed by atoms with van der Waals surface area (Å²) in [5.74, 6) is 0.286. The second-order valence-electron chi connectivity index (χ2n) is 9.55. The maximum absolute atomic E-state index is 14.1. The molecular formula is C25H31F2N7O3. The number of anilines is 1. The number of nitrogens with two attached hydrogens (primary N) is 1. The lowest BCUT2D eigenvalue weighted by Gasteiger charge is -2.32. The highest BCUT2D eigenvalue weighted by Crippen LogP contribution is 2.26. The van der Waals surface area contributed by atoms with E-state index >= 15 is 0 Å². The van der Waals surface area contributed by atoms with Gasteiger partial charge in [0.2, 0.25) is 17.7 Å². The third-order valence-corrected chi connectivity index (χ3v) is 6.25. The quantitative estimate of drug-likeness (QED) is 0.134. The van der Waals surface area contributed by atoms with E-state index < -0.39 is 23.0 Å². The Labute approximate surface area is 213 Å². The normalized spacial score (nSPS) is 14.9. The standard InChI is InChI=1S/C25H31F2N7O3/c1-15(2)10-21-31-24(33-37-21)17-13-29-25(30-14-17)34-7-5-16(6-8-34)4-3-9-36-18-11-19(26)22(20(27)12-18)23(28)32-35/h11-16,35H,3-10H2,1-2H3,(H2,28,32). The third kappa shape index (κ3) is 6.69. The molecule has 0 amide bonds. The third-order valence-electron chi connectivity index (χ3n) is 6.25. The molecule has 0 unspecified atom stereocenters. The van der Waals surface area contributed by atoms with E-state index in [1.165, 1.54) is 0 Å². The highest BCUT2D eigenvalue weighted by Gasteiger charge is 2.21. The van der Waals surface area contributed by atoms with Gasteiger partial charge in [-0.2, -0.15) is 4.98 Å². The number of oxime groups is 1. The van der Waals surface area contributed by atoms with Gasteiger partial charge in [-0.3, -0.25) is 0 Å². The molecule has 3 N–H and O–H groups in total. The number of benzene rings is 1. The van der Waals surface area contributed by atoms with Crippen molar-refractivity contribution in [2.75, 3.05) is 24.6 Å². The van der Waals surface area contributed by atoms with E-state index in [-0.39, 0.29) is 5.75 Å². The smallest absolute Gasteiger partial charge is 0.227 e. The Morgan fingerprint density at radius 1 is 1.22 bits per heavy atom. The van der Waals surface area contributed by atoms with Gasteiger partial charge in [0.1, 0.15) is 17.4 Å². The minimum atomic E-state index is -0.943. The van der Waals surface area contributed by atoms with Gasteiger partial charge >= 0.3 is 0 Å². The van der Waals surface area contributed by atoms with Gasteiger partial charge in [0, 0.05) is 44.0 Å². The van der Waals surface area contributed by atoms with Crippen LogP contribution in [-0.2, 0) is 6.42 Å². The van der Waals surface area contributed by atoms with Gasteiger partial charge < -0.3 is 25.1 Å². The van der Waals surface area contributed by atoms with Crippen LogP contribution in [0.3, 0.4) is 0 Å². The Morgan fingerprint density at radius 3 is 2.51 bits per heavy atom. The Hall–Kier alpha value is -3.83. The van der Waals surface area contributed by atoms with Crippen LogP contribution in [0.5, 0.6) is 5.75 Å². The summed E-state index contributed by atoms with van der Waals surface area (Å²) in [5.41, 5.74) is 5.44. The Balaban J connectivity index is 1.20. The van der Waals surface area contributed by atoms with Gasteiger partial charge in [0.05, 0.1) is 17.7 Å². The molecule has 1 saturated heterocycles. The van der Waals surface area contributed by atoms with Gasteiger partial charge in [-0.15, -0.1) is 0 Å². The first-order valence-corrected chi connectivity index (χ1v) is 12.3. The van der Waals surface area contributed by atoms with Crippen LogP contribution >= 0.6 is 0 Å². The first kappa shape index (κ1) is 26.2. The van der Waals surface area contributed by atoms with Crippen LogP contribution in [0.1, 0.15) is 51.0 Å². The van der Waals surface area contributed by atoms with Crippen molar-refractivity contribution in [3.63, 3.8) is 0 Å². The summed E-state index contributed by atoms with van der Waals surface area (Å²) in [7, 11) is 0. The molecule has 1 aliphatic heterocycles. The molecule has 1 aromatic carbocycles. The molecule has 0 bridgehead atoms. The average molecular weight is 516 g/mol. The largest absolute Gasteiger partial charge is 0.493 e. The second-order valence-corrected chi connectivity index (χ2v) is 9.55. The van der Waals surface area contributed by atoms with Crippen molar-refractivity contribution in [1.29, 1.82) is 0 Å². The van der Waals surface area contributed by atoms with Gasteiger partial charge in [-0.05, 0) is 37.5 Å². The van der Waals surface area contributed by atoms with E-state index in [0.717, 1.165) is 62.9 Å². The van der Waals surface area contributed by atoms with Gasteiger partial charge in [-0.25, -0.2) is 18.7 Å². The number of hydrogen-bond acceptors (Lipinski definition) is 9. The summed E-state index contributed by atoms with van der Waals surface area (Å²) in [6.45, 7) is 6.21.